The molecule has 1 heterocycles. The molecule has 0 aliphatic carbocycles. The molecule has 1 aromatic heterocycles. The molecular weight excluding hydrogens is 263 g/mol. The lowest BCUT2D eigenvalue weighted by Crippen LogP contribution is -2.41. The molecule has 0 fully saturated rings. The van der Waals surface area contributed by atoms with Crippen LogP contribution < -0.4 is 5.46 Å². The second-order valence-corrected chi connectivity index (χ2v) is 6.74. The van der Waals surface area contributed by atoms with E-state index in [1.165, 1.54) is 11.1 Å². The van der Waals surface area contributed by atoms with Crippen LogP contribution in [-0.2, 0) is 16.4 Å². The number of aryl methyl sites for hydroxylation is 1. The average Bonchev–Trinajstić information content (AvgIpc) is 2.69. The van der Waals surface area contributed by atoms with E-state index in [0.29, 0.717) is 5.92 Å². The van der Waals surface area contributed by atoms with Crippen LogP contribution in [-0.4, -0.2) is 29.6 Å². The first kappa shape index (κ1) is 16.1. The molecule has 4 nitrogen and oxygen atoms in total. The highest BCUT2D eigenvalue weighted by Gasteiger charge is 2.27. The van der Waals surface area contributed by atoms with Crippen molar-refractivity contribution in [3.8, 4) is 0 Å². The van der Waals surface area contributed by atoms with E-state index in [0.717, 1.165) is 11.0 Å². The van der Waals surface area contributed by atoms with Gasteiger partial charge in [-0.2, -0.15) is 5.10 Å². The van der Waals surface area contributed by atoms with Gasteiger partial charge in [-0.05, 0) is 38.2 Å². The molecule has 5 heteroatoms. The number of hydrogen-bond donors (Lipinski definition) is 0. The molecule has 0 aliphatic rings. The maximum atomic E-state index is 5.98. The van der Waals surface area contributed by atoms with Gasteiger partial charge in [0.1, 0.15) is 0 Å². The molecule has 0 bridgehead atoms. The quantitative estimate of drug-likeness (QED) is 0.812. The summed E-state index contributed by atoms with van der Waals surface area (Å²) in [4.78, 5) is 0. The first-order valence-corrected chi connectivity index (χ1v) is 7.40. The number of aromatic nitrogens is 2. The van der Waals surface area contributed by atoms with Crippen molar-refractivity contribution in [2.75, 3.05) is 7.11 Å². The molecule has 2 aromatic rings. The molecular formula is C16H25BN2O2. The SMILES string of the molecule is COB(OC(C)(C)C)c1ccc2nn(C)c(C(C)C)c2c1. The molecule has 0 amide bonds. The summed E-state index contributed by atoms with van der Waals surface area (Å²) in [6.07, 6.45) is 0. The Morgan fingerprint density at radius 3 is 2.43 bits per heavy atom. The Balaban J connectivity index is 2.48. The molecule has 0 saturated heterocycles. The summed E-state index contributed by atoms with van der Waals surface area (Å²) in [5, 5.41) is 5.74. The minimum absolute atomic E-state index is 0.258. The number of fused-ring (bicyclic) bond motifs is 1. The molecule has 1 aromatic carbocycles. The second-order valence-electron chi connectivity index (χ2n) is 6.74. The highest BCUT2D eigenvalue weighted by molar-refractivity contribution is 6.61. The van der Waals surface area contributed by atoms with Crippen molar-refractivity contribution in [3.05, 3.63) is 23.9 Å². The molecule has 0 spiro atoms. The van der Waals surface area contributed by atoms with Crippen LogP contribution in [0.2, 0.25) is 0 Å². The molecule has 0 unspecified atom stereocenters. The van der Waals surface area contributed by atoms with E-state index in [1.54, 1.807) is 7.11 Å². The molecule has 0 N–H and O–H groups in total. The third-order valence-electron chi connectivity index (χ3n) is 3.40. The standard InChI is InChI=1S/C16H25BN2O2/c1-11(2)15-13-10-12(8-9-14(13)18-19(15)6)17(20-7)21-16(3,4)5/h8-11H,1-7H3. The minimum atomic E-state index is -0.366. The van der Waals surface area contributed by atoms with Crippen LogP contribution in [0.5, 0.6) is 0 Å². The number of benzene rings is 1. The van der Waals surface area contributed by atoms with Crippen molar-refractivity contribution < 1.29 is 9.31 Å². The smallest absolute Gasteiger partial charge is 0.410 e. The predicted molar refractivity (Wildman–Crippen MR) is 88.0 cm³/mol. The summed E-state index contributed by atoms with van der Waals surface area (Å²) in [5.74, 6) is 0.416. The molecule has 0 aliphatic heterocycles. The van der Waals surface area contributed by atoms with Crippen LogP contribution in [0.4, 0.5) is 0 Å². The first-order chi connectivity index (χ1) is 9.73. The van der Waals surface area contributed by atoms with Crippen molar-refractivity contribution in [2.24, 2.45) is 7.05 Å². The van der Waals surface area contributed by atoms with Gasteiger partial charge in [-0.3, -0.25) is 4.68 Å². The van der Waals surface area contributed by atoms with E-state index in [2.05, 4.69) is 25.0 Å². The summed E-state index contributed by atoms with van der Waals surface area (Å²) < 4.78 is 13.5. The van der Waals surface area contributed by atoms with Gasteiger partial charge in [0.2, 0.25) is 0 Å². The van der Waals surface area contributed by atoms with Gasteiger partial charge in [-0.1, -0.05) is 26.0 Å². The van der Waals surface area contributed by atoms with Gasteiger partial charge in [0, 0.05) is 30.8 Å². The Morgan fingerprint density at radius 2 is 1.90 bits per heavy atom. The van der Waals surface area contributed by atoms with E-state index in [1.807, 2.05) is 44.6 Å². The Bertz CT molecular complexity index is 629. The highest BCUT2D eigenvalue weighted by Crippen LogP contribution is 2.24. The molecule has 2 rings (SSSR count). The fraction of sp³-hybridized carbons (Fsp3) is 0.562. The lowest BCUT2D eigenvalue weighted by Gasteiger charge is -2.24. The second kappa shape index (κ2) is 5.81. The normalized spacial score (nSPS) is 12.4. The van der Waals surface area contributed by atoms with Gasteiger partial charge in [-0.15, -0.1) is 0 Å². The maximum Gasteiger partial charge on any atom is 0.494 e. The van der Waals surface area contributed by atoms with E-state index < -0.39 is 0 Å². The van der Waals surface area contributed by atoms with Crippen LogP contribution >= 0.6 is 0 Å². The van der Waals surface area contributed by atoms with E-state index in [9.17, 15) is 0 Å². The molecule has 0 saturated carbocycles. The minimum Gasteiger partial charge on any atom is -0.410 e. The lowest BCUT2D eigenvalue weighted by atomic mass is 9.77. The Hall–Kier alpha value is -1.33. The zero-order valence-electron chi connectivity index (χ0n) is 14.1. The van der Waals surface area contributed by atoms with E-state index >= 15 is 0 Å². The van der Waals surface area contributed by atoms with Crippen molar-refractivity contribution in [1.29, 1.82) is 0 Å². The third-order valence-corrected chi connectivity index (χ3v) is 3.40. The van der Waals surface area contributed by atoms with Gasteiger partial charge in [0.05, 0.1) is 5.52 Å². The highest BCUT2D eigenvalue weighted by atomic mass is 16.6. The molecule has 21 heavy (non-hydrogen) atoms. The van der Waals surface area contributed by atoms with Crippen LogP contribution in [0.25, 0.3) is 10.9 Å². The lowest BCUT2D eigenvalue weighted by molar-refractivity contribution is 0.0982. The molecule has 0 radical (unpaired) electrons. The zero-order chi connectivity index (χ0) is 15.8. The van der Waals surface area contributed by atoms with Gasteiger partial charge in [0.15, 0.2) is 0 Å². The topological polar surface area (TPSA) is 36.3 Å². The van der Waals surface area contributed by atoms with Crippen molar-refractivity contribution in [3.63, 3.8) is 0 Å². The van der Waals surface area contributed by atoms with Gasteiger partial charge >= 0.3 is 7.12 Å². The summed E-state index contributed by atoms with van der Waals surface area (Å²) in [6.45, 7) is 10.5. The number of hydrogen-bond acceptors (Lipinski definition) is 3. The largest absolute Gasteiger partial charge is 0.494 e. The summed E-state index contributed by atoms with van der Waals surface area (Å²) in [7, 11) is 3.30. The maximum absolute atomic E-state index is 5.98. The van der Waals surface area contributed by atoms with Crippen LogP contribution in [0.15, 0.2) is 18.2 Å². The van der Waals surface area contributed by atoms with Crippen molar-refractivity contribution in [1.82, 2.24) is 9.78 Å². The number of rotatable bonds is 4. The Morgan fingerprint density at radius 1 is 1.24 bits per heavy atom. The fourth-order valence-corrected chi connectivity index (χ4v) is 2.64. The van der Waals surface area contributed by atoms with E-state index in [4.69, 9.17) is 9.31 Å². The Kier molecular flexibility index (Phi) is 4.44. The van der Waals surface area contributed by atoms with Crippen LogP contribution in [0.1, 0.15) is 46.2 Å². The van der Waals surface area contributed by atoms with Crippen molar-refractivity contribution >= 4 is 23.5 Å². The predicted octanol–water partition coefficient (Wildman–Crippen LogP) is 2.85. The first-order valence-electron chi connectivity index (χ1n) is 7.40. The van der Waals surface area contributed by atoms with Crippen LogP contribution in [0, 0.1) is 0 Å². The van der Waals surface area contributed by atoms with Gasteiger partial charge in [-0.25, -0.2) is 0 Å². The average molecular weight is 288 g/mol. The summed E-state index contributed by atoms with van der Waals surface area (Å²) in [5.41, 5.74) is 3.01. The van der Waals surface area contributed by atoms with Gasteiger partial charge < -0.3 is 9.31 Å². The molecule has 114 valence electrons. The summed E-state index contributed by atoms with van der Waals surface area (Å²) in [6, 6.07) is 6.20. The molecule has 0 atom stereocenters. The van der Waals surface area contributed by atoms with Gasteiger partial charge in [0.25, 0.3) is 0 Å². The van der Waals surface area contributed by atoms with Crippen molar-refractivity contribution in [2.45, 2.75) is 46.1 Å². The third kappa shape index (κ3) is 3.47. The summed E-state index contributed by atoms with van der Waals surface area (Å²) >= 11 is 0. The fourth-order valence-electron chi connectivity index (χ4n) is 2.64. The van der Waals surface area contributed by atoms with E-state index in [-0.39, 0.29) is 12.7 Å². The van der Waals surface area contributed by atoms with Crippen LogP contribution in [0.3, 0.4) is 0 Å². The number of nitrogens with zero attached hydrogens (tertiary/aromatic N) is 2. The Labute approximate surface area is 127 Å². The zero-order valence-corrected chi connectivity index (χ0v) is 14.1. The monoisotopic (exact) mass is 288 g/mol.